The molecule has 104 valence electrons. The number of nitrogens with zero attached hydrogens (tertiary/aromatic N) is 1. The predicted molar refractivity (Wildman–Crippen MR) is 74.6 cm³/mol. The first-order chi connectivity index (χ1) is 10.1. The number of benzene rings is 2. The van der Waals surface area contributed by atoms with E-state index in [-0.39, 0.29) is 23.4 Å². The average molecular weight is 284 g/mol. The molecule has 0 amide bonds. The smallest absolute Gasteiger partial charge is 0.379 e. The van der Waals surface area contributed by atoms with Crippen molar-refractivity contribution in [1.82, 2.24) is 0 Å². The molecular weight excluding hydrogens is 274 g/mol. The van der Waals surface area contributed by atoms with Crippen molar-refractivity contribution in [2.75, 3.05) is 0 Å². The highest BCUT2D eigenvalue weighted by Crippen LogP contribution is 2.37. The third kappa shape index (κ3) is 2.46. The lowest BCUT2D eigenvalue weighted by molar-refractivity contribution is -0.384. The van der Waals surface area contributed by atoms with E-state index < -0.39 is 4.92 Å². The topological polar surface area (TPSA) is 87.8 Å². The molecule has 0 saturated carbocycles. The van der Waals surface area contributed by atoms with E-state index in [1.54, 1.807) is 12.1 Å². The monoisotopic (exact) mass is 284 g/mol. The van der Waals surface area contributed by atoms with Crippen molar-refractivity contribution in [3.05, 3.63) is 64.7 Å². The Bertz CT molecular complexity index is 778. The van der Waals surface area contributed by atoms with E-state index in [1.807, 2.05) is 18.2 Å². The molecule has 0 radical (unpaired) electrons. The number of hydrogen-bond acceptors (Lipinski definition) is 4. The molecule has 1 heterocycles. The Labute approximate surface area is 119 Å². The van der Waals surface area contributed by atoms with E-state index in [0.29, 0.717) is 11.1 Å². The second-order valence-corrected chi connectivity index (χ2v) is 4.30. The number of aromatic hydroxyl groups is 1. The lowest BCUT2D eigenvalue weighted by Gasteiger charge is -1.92. The molecule has 21 heavy (non-hydrogen) atoms. The quantitative estimate of drug-likeness (QED) is 0.444. The summed E-state index contributed by atoms with van der Waals surface area (Å²) < 4.78 is 10.7. The zero-order valence-electron chi connectivity index (χ0n) is 10.7. The van der Waals surface area contributed by atoms with Crippen LogP contribution in [0.3, 0.4) is 0 Å². The van der Waals surface area contributed by atoms with Gasteiger partial charge in [-0.1, -0.05) is 18.2 Å². The van der Waals surface area contributed by atoms with Crippen LogP contribution in [0.25, 0.3) is 22.8 Å². The Hall–Kier alpha value is -3.15. The predicted octanol–water partition coefficient (Wildman–Crippen LogP) is 4.10. The van der Waals surface area contributed by atoms with E-state index in [1.165, 1.54) is 24.3 Å². The summed E-state index contributed by atoms with van der Waals surface area (Å²) in [4.78, 5) is 10.1. The molecule has 0 saturated heterocycles. The van der Waals surface area contributed by atoms with Gasteiger partial charge in [-0.05, 0) is 24.3 Å². The van der Waals surface area contributed by atoms with Crippen LogP contribution in [0.5, 0.6) is 5.95 Å². The van der Waals surface area contributed by atoms with Gasteiger partial charge in [0.25, 0.3) is 5.69 Å². The van der Waals surface area contributed by atoms with E-state index in [4.69, 9.17) is 8.83 Å². The summed E-state index contributed by atoms with van der Waals surface area (Å²) >= 11 is 0. The molecule has 1 N–H and O–H groups in total. The fraction of sp³-hybridized carbons (Fsp3) is 0. The van der Waals surface area contributed by atoms with E-state index in [0.717, 1.165) is 0 Å². The highest BCUT2D eigenvalue weighted by Gasteiger charge is 2.27. The van der Waals surface area contributed by atoms with E-state index in [9.17, 15) is 15.2 Å². The molecule has 0 spiro atoms. The third-order valence-electron chi connectivity index (χ3n) is 2.93. The van der Waals surface area contributed by atoms with Gasteiger partial charge in [-0.15, -0.1) is 0 Å². The molecular formula is C15H10NO5+. The van der Waals surface area contributed by atoms with Crippen LogP contribution >= 0.6 is 0 Å². The van der Waals surface area contributed by atoms with Crippen LogP contribution in [-0.4, -0.2) is 10.0 Å². The molecule has 2 aromatic carbocycles. The number of non-ortho nitro benzene ring substituents is 1. The summed E-state index contributed by atoms with van der Waals surface area (Å²) in [5, 5.41) is 20.4. The molecule has 6 heteroatoms. The Morgan fingerprint density at radius 2 is 1.67 bits per heavy atom. The highest BCUT2D eigenvalue weighted by molar-refractivity contribution is 5.65. The standard InChI is InChI=1S/C15H9NO5/c17-14-13(10-6-8-12(9-7-10)16(18)19)20-15(21-14)11-4-2-1-3-5-11/h1-9H/p+1. The zero-order valence-corrected chi connectivity index (χ0v) is 10.7. The van der Waals surface area contributed by atoms with Gasteiger partial charge in [-0.3, -0.25) is 14.5 Å². The Balaban J connectivity index is 2.00. The maximum absolute atomic E-state index is 10.6. The molecule has 0 unspecified atom stereocenters. The molecule has 3 aromatic rings. The number of hydrogen-bond donors (Lipinski definition) is 1. The fourth-order valence-electron chi connectivity index (χ4n) is 1.90. The molecule has 0 atom stereocenters. The minimum absolute atomic E-state index is 0.0370. The summed E-state index contributed by atoms with van der Waals surface area (Å²) in [7, 11) is 0. The van der Waals surface area contributed by atoms with Gasteiger partial charge in [-0.2, -0.15) is 0 Å². The van der Waals surface area contributed by atoms with Crippen LogP contribution < -0.4 is 0 Å². The van der Waals surface area contributed by atoms with Crippen LogP contribution in [0, 0.1) is 10.1 Å². The molecule has 0 aliphatic rings. The number of nitro groups is 1. The van der Waals surface area contributed by atoms with Crippen molar-refractivity contribution >= 4 is 5.69 Å². The van der Waals surface area contributed by atoms with Gasteiger partial charge in [-0.25, -0.2) is 0 Å². The highest BCUT2D eigenvalue weighted by atomic mass is 16.6. The molecule has 0 aliphatic carbocycles. The molecule has 3 rings (SSSR count). The third-order valence-corrected chi connectivity index (χ3v) is 2.93. The first-order valence-electron chi connectivity index (χ1n) is 6.11. The maximum Gasteiger partial charge on any atom is 0.509 e. The molecule has 0 aliphatic heterocycles. The van der Waals surface area contributed by atoms with Gasteiger partial charge in [0, 0.05) is 17.7 Å². The second kappa shape index (κ2) is 5.09. The maximum atomic E-state index is 10.6. The van der Waals surface area contributed by atoms with Crippen LogP contribution in [0.4, 0.5) is 5.69 Å². The van der Waals surface area contributed by atoms with Crippen molar-refractivity contribution in [2.24, 2.45) is 0 Å². The van der Waals surface area contributed by atoms with Gasteiger partial charge in [0.2, 0.25) is 0 Å². The van der Waals surface area contributed by atoms with Crippen LogP contribution in [-0.2, 0) is 0 Å². The molecule has 1 aromatic heterocycles. The lowest BCUT2D eigenvalue weighted by atomic mass is 10.2. The second-order valence-electron chi connectivity index (χ2n) is 4.30. The summed E-state index contributed by atoms with van der Waals surface area (Å²) in [6.45, 7) is 0. The Kier molecular flexibility index (Phi) is 3.12. The zero-order chi connectivity index (χ0) is 14.8. The minimum Gasteiger partial charge on any atom is -0.379 e. The Morgan fingerprint density at radius 3 is 2.29 bits per heavy atom. The van der Waals surface area contributed by atoms with E-state index in [2.05, 4.69) is 0 Å². The lowest BCUT2D eigenvalue weighted by Crippen LogP contribution is -1.86. The number of nitro benzene ring substituents is 1. The fourth-order valence-corrected chi connectivity index (χ4v) is 1.90. The van der Waals surface area contributed by atoms with Crippen LogP contribution in [0.2, 0.25) is 0 Å². The summed E-state index contributed by atoms with van der Waals surface area (Å²) in [5.74, 6) is -0.0760. The summed E-state index contributed by atoms with van der Waals surface area (Å²) in [6, 6.07) is 14.7. The summed E-state index contributed by atoms with van der Waals surface area (Å²) in [5.41, 5.74) is 1.13. The van der Waals surface area contributed by atoms with Crippen molar-refractivity contribution in [1.29, 1.82) is 0 Å². The van der Waals surface area contributed by atoms with Crippen molar-refractivity contribution in [3.63, 3.8) is 0 Å². The van der Waals surface area contributed by atoms with Crippen LogP contribution in [0.1, 0.15) is 0 Å². The SMILES string of the molecule is O=[N+]([O-])c1ccc(-c2oc(-c3ccccc3)[o+]c2O)cc1. The van der Waals surface area contributed by atoms with Gasteiger partial charge in [0.15, 0.2) is 0 Å². The van der Waals surface area contributed by atoms with Gasteiger partial charge < -0.3 is 9.52 Å². The molecule has 0 fully saturated rings. The minimum atomic E-state index is -0.494. The molecule has 0 bridgehead atoms. The number of rotatable bonds is 3. The first-order valence-corrected chi connectivity index (χ1v) is 6.11. The van der Waals surface area contributed by atoms with Crippen molar-refractivity contribution in [3.8, 4) is 28.8 Å². The van der Waals surface area contributed by atoms with Gasteiger partial charge in [0.1, 0.15) is 0 Å². The largest absolute Gasteiger partial charge is 0.509 e. The normalized spacial score (nSPS) is 10.5. The van der Waals surface area contributed by atoms with Gasteiger partial charge >= 0.3 is 17.7 Å². The van der Waals surface area contributed by atoms with Crippen LogP contribution in [0.15, 0.2) is 63.4 Å². The Morgan fingerprint density at radius 1 is 1.00 bits per heavy atom. The van der Waals surface area contributed by atoms with Crippen molar-refractivity contribution in [2.45, 2.75) is 0 Å². The van der Waals surface area contributed by atoms with Crippen molar-refractivity contribution < 1.29 is 18.9 Å². The average Bonchev–Trinajstić information content (AvgIpc) is 2.90. The van der Waals surface area contributed by atoms with Gasteiger partial charge in [0.05, 0.1) is 10.5 Å². The first kappa shape index (κ1) is 12.9. The summed E-state index contributed by atoms with van der Waals surface area (Å²) in [6.07, 6.45) is 0. The molecule has 6 nitrogen and oxygen atoms in total. The van der Waals surface area contributed by atoms with E-state index >= 15 is 0 Å².